The zero-order valence-corrected chi connectivity index (χ0v) is 19.0. The summed E-state index contributed by atoms with van der Waals surface area (Å²) in [5.41, 5.74) is -0.00561. The van der Waals surface area contributed by atoms with E-state index in [1.807, 2.05) is 0 Å². The zero-order chi connectivity index (χ0) is 25.4. The van der Waals surface area contributed by atoms with Crippen LogP contribution in [-0.4, -0.2) is 59.6 Å². The second kappa shape index (κ2) is 9.34. The molecule has 2 N–H and O–H groups in total. The van der Waals surface area contributed by atoms with Gasteiger partial charge in [-0.05, 0) is 61.3 Å². The van der Waals surface area contributed by atoms with Gasteiger partial charge in [0.15, 0.2) is 11.5 Å². The predicted octanol–water partition coefficient (Wildman–Crippen LogP) is 2.96. The number of alkyl halides is 3. The molecule has 2 unspecified atom stereocenters. The first kappa shape index (κ1) is 23.9. The van der Waals surface area contributed by atoms with Crippen LogP contribution in [0, 0.1) is 0 Å². The number of amides is 4. The number of urea groups is 1. The summed E-state index contributed by atoms with van der Waals surface area (Å²) >= 11 is 0. The molecule has 190 valence electrons. The minimum absolute atomic E-state index is 0.0176. The highest BCUT2D eigenvalue weighted by Gasteiger charge is 2.47. The minimum Gasteiger partial charge on any atom is -0.454 e. The molecule has 36 heavy (non-hydrogen) atoms. The maximum Gasteiger partial charge on any atom is 0.416 e. The molecule has 4 amide bonds. The number of halogens is 3. The van der Waals surface area contributed by atoms with Gasteiger partial charge in [-0.3, -0.25) is 14.5 Å². The molecule has 12 heteroatoms. The number of ether oxygens (including phenoxy) is 2. The average molecular weight is 504 g/mol. The Morgan fingerprint density at radius 3 is 2.58 bits per heavy atom. The predicted molar refractivity (Wildman–Crippen MR) is 120 cm³/mol. The van der Waals surface area contributed by atoms with Crippen molar-refractivity contribution in [3.05, 3.63) is 53.6 Å². The van der Waals surface area contributed by atoms with Crippen molar-refractivity contribution in [3.63, 3.8) is 0 Å². The van der Waals surface area contributed by atoms with E-state index in [4.69, 9.17) is 9.47 Å². The molecular formula is C24H23F3N4O5. The molecule has 5 rings (SSSR count). The molecule has 2 aromatic rings. The number of benzene rings is 2. The SMILES string of the molecule is O=C(CN1C(=O)N(Cc2ccc3c(c2)OCO3)C(=O)C2NCCCC21)Nc1ccc(C(F)(F)F)cc1. The fourth-order valence-corrected chi connectivity index (χ4v) is 4.67. The van der Waals surface area contributed by atoms with Gasteiger partial charge in [-0.15, -0.1) is 0 Å². The summed E-state index contributed by atoms with van der Waals surface area (Å²) in [6.07, 6.45) is -3.22. The third-order valence-corrected chi connectivity index (χ3v) is 6.42. The number of rotatable bonds is 5. The molecule has 2 aromatic carbocycles. The van der Waals surface area contributed by atoms with Crippen LogP contribution < -0.4 is 20.1 Å². The van der Waals surface area contributed by atoms with E-state index in [0.29, 0.717) is 30.0 Å². The van der Waals surface area contributed by atoms with Crippen molar-refractivity contribution < 1.29 is 37.0 Å². The Morgan fingerprint density at radius 2 is 1.83 bits per heavy atom. The summed E-state index contributed by atoms with van der Waals surface area (Å²) in [5.74, 6) is 0.142. The molecule has 0 spiro atoms. The van der Waals surface area contributed by atoms with E-state index >= 15 is 0 Å². The molecule has 0 bridgehead atoms. The van der Waals surface area contributed by atoms with Gasteiger partial charge in [0.25, 0.3) is 0 Å². The molecule has 2 fully saturated rings. The molecule has 3 heterocycles. The number of imide groups is 1. The van der Waals surface area contributed by atoms with Crippen molar-refractivity contribution in [2.45, 2.75) is 37.6 Å². The third-order valence-electron chi connectivity index (χ3n) is 6.42. The molecular weight excluding hydrogens is 481 g/mol. The summed E-state index contributed by atoms with van der Waals surface area (Å²) in [4.78, 5) is 41.9. The number of fused-ring (bicyclic) bond motifs is 2. The van der Waals surface area contributed by atoms with Crippen LogP contribution in [0.25, 0.3) is 0 Å². The fourth-order valence-electron chi connectivity index (χ4n) is 4.67. The van der Waals surface area contributed by atoms with Gasteiger partial charge in [-0.1, -0.05) is 6.07 Å². The fraction of sp³-hybridized carbons (Fsp3) is 0.375. The highest BCUT2D eigenvalue weighted by Crippen LogP contribution is 2.34. The summed E-state index contributed by atoms with van der Waals surface area (Å²) in [7, 11) is 0. The second-order valence-corrected chi connectivity index (χ2v) is 8.79. The number of carbonyl (C=O) groups excluding carboxylic acids is 3. The third kappa shape index (κ3) is 4.68. The number of nitrogens with one attached hydrogen (secondary N) is 2. The first-order valence-corrected chi connectivity index (χ1v) is 11.4. The van der Waals surface area contributed by atoms with Crippen molar-refractivity contribution in [2.24, 2.45) is 0 Å². The van der Waals surface area contributed by atoms with E-state index in [1.54, 1.807) is 18.2 Å². The number of hydrogen-bond donors (Lipinski definition) is 2. The van der Waals surface area contributed by atoms with Gasteiger partial charge in [0.1, 0.15) is 12.6 Å². The summed E-state index contributed by atoms with van der Waals surface area (Å²) in [5, 5.41) is 5.69. The molecule has 0 aliphatic carbocycles. The first-order chi connectivity index (χ1) is 17.2. The molecule has 0 saturated carbocycles. The second-order valence-electron chi connectivity index (χ2n) is 8.79. The van der Waals surface area contributed by atoms with E-state index in [0.717, 1.165) is 35.6 Å². The summed E-state index contributed by atoms with van der Waals surface area (Å²) < 4.78 is 49.1. The smallest absolute Gasteiger partial charge is 0.416 e. The van der Waals surface area contributed by atoms with Crippen LogP contribution in [0.2, 0.25) is 0 Å². The lowest BCUT2D eigenvalue weighted by Gasteiger charge is -2.46. The van der Waals surface area contributed by atoms with Gasteiger partial charge in [-0.2, -0.15) is 13.2 Å². The average Bonchev–Trinajstić information content (AvgIpc) is 3.32. The van der Waals surface area contributed by atoms with Crippen LogP contribution in [0.5, 0.6) is 11.5 Å². The van der Waals surface area contributed by atoms with Gasteiger partial charge >= 0.3 is 12.2 Å². The van der Waals surface area contributed by atoms with Crippen molar-refractivity contribution in [1.82, 2.24) is 15.1 Å². The molecule has 0 aromatic heterocycles. The van der Waals surface area contributed by atoms with Crippen LogP contribution in [0.3, 0.4) is 0 Å². The number of anilines is 1. The molecule has 9 nitrogen and oxygen atoms in total. The highest BCUT2D eigenvalue weighted by molar-refractivity contribution is 6.02. The topological polar surface area (TPSA) is 100 Å². The molecule has 2 atom stereocenters. The maximum absolute atomic E-state index is 13.4. The quantitative estimate of drug-likeness (QED) is 0.650. The van der Waals surface area contributed by atoms with Crippen LogP contribution in [0.1, 0.15) is 24.0 Å². The van der Waals surface area contributed by atoms with Crippen LogP contribution >= 0.6 is 0 Å². The number of piperidine rings is 1. The molecule has 3 aliphatic heterocycles. The molecule has 0 radical (unpaired) electrons. The Balaban J connectivity index is 1.32. The van der Waals surface area contributed by atoms with E-state index in [9.17, 15) is 27.6 Å². The van der Waals surface area contributed by atoms with Crippen molar-refractivity contribution >= 4 is 23.5 Å². The van der Waals surface area contributed by atoms with Crippen molar-refractivity contribution in [2.75, 3.05) is 25.2 Å². The normalized spacial score (nSPS) is 21.4. The lowest BCUT2D eigenvalue weighted by molar-refractivity contribution is -0.139. The van der Waals surface area contributed by atoms with Gasteiger partial charge in [0.2, 0.25) is 18.6 Å². The summed E-state index contributed by atoms with van der Waals surface area (Å²) in [6, 6.07) is 7.40. The van der Waals surface area contributed by atoms with Gasteiger partial charge < -0.3 is 25.0 Å². The zero-order valence-electron chi connectivity index (χ0n) is 19.0. The van der Waals surface area contributed by atoms with Crippen LogP contribution in [0.4, 0.5) is 23.7 Å². The molecule has 2 saturated heterocycles. The standard InChI is InChI=1S/C24H23F3N4O5/c25-24(26,27)15-4-6-16(7-5-15)29-20(32)12-30-17-2-1-9-28-21(17)22(33)31(23(30)34)11-14-3-8-18-19(10-14)36-13-35-18/h3-8,10,17,21,28H,1-2,9,11-13H2,(H,29,32). The van der Waals surface area contributed by atoms with Crippen molar-refractivity contribution in [3.8, 4) is 11.5 Å². The minimum atomic E-state index is -4.49. The van der Waals surface area contributed by atoms with E-state index < -0.39 is 35.8 Å². The lowest BCUT2D eigenvalue weighted by Crippen LogP contribution is -2.70. The van der Waals surface area contributed by atoms with E-state index in [2.05, 4.69) is 10.6 Å². The van der Waals surface area contributed by atoms with Crippen LogP contribution in [0.15, 0.2) is 42.5 Å². The monoisotopic (exact) mass is 504 g/mol. The number of nitrogens with zero attached hydrogens (tertiary/aromatic N) is 2. The van der Waals surface area contributed by atoms with Crippen LogP contribution in [-0.2, 0) is 22.3 Å². The van der Waals surface area contributed by atoms with Gasteiger partial charge in [0.05, 0.1) is 18.2 Å². The highest BCUT2D eigenvalue weighted by atomic mass is 19.4. The molecule has 3 aliphatic rings. The number of carbonyl (C=O) groups is 3. The van der Waals surface area contributed by atoms with Crippen molar-refractivity contribution in [1.29, 1.82) is 0 Å². The Hall–Kier alpha value is -3.80. The lowest BCUT2D eigenvalue weighted by atomic mass is 9.93. The largest absolute Gasteiger partial charge is 0.454 e. The Labute approximate surface area is 204 Å². The Kier molecular flexibility index (Phi) is 6.20. The number of hydrogen-bond acceptors (Lipinski definition) is 6. The van der Waals surface area contributed by atoms with Gasteiger partial charge in [-0.25, -0.2) is 4.79 Å². The maximum atomic E-state index is 13.4. The van der Waals surface area contributed by atoms with Gasteiger partial charge in [0, 0.05) is 5.69 Å². The Bertz CT molecular complexity index is 1190. The first-order valence-electron chi connectivity index (χ1n) is 11.4. The van der Waals surface area contributed by atoms with E-state index in [1.165, 1.54) is 4.90 Å². The summed E-state index contributed by atoms with van der Waals surface area (Å²) in [6.45, 7) is 0.324. The Morgan fingerprint density at radius 1 is 1.08 bits per heavy atom. The van der Waals surface area contributed by atoms with E-state index in [-0.39, 0.29) is 31.5 Å².